The summed E-state index contributed by atoms with van der Waals surface area (Å²) < 4.78 is 0. The minimum absolute atomic E-state index is 0.0768. The lowest BCUT2D eigenvalue weighted by molar-refractivity contribution is -0.0398. The molecule has 5 aliphatic carbocycles. The van der Waals surface area contributed by atoms with Crippen LogP contribution in [0.3, 0.4) is 0 Å². The molecule has 0 radical (unpaired) electrons. The fraction of sp³-hybridized carbons (Fsp3) is 0.156. The van der Waals surface area contributed by atoms with Gasteiger partial charge in [-0.15, -0.1) is 0 Å². The summed E-state index contributed by atoms with van der Waals surface area (Å²) in [5.41, 5.74) is 18.6. The molecule has 66 heavy (non-hydrogen) atoms. The van der Waals surface area contributed by atoms with E-state index < -0.39 is 0 Å². The highest BCUT2D eigenvalue weighted by atomic mass is 14.9. The van der Waals surface area contributed by atoms with Gasteiger partial charge in [-0.25, -0.2) is 9.97 Å². The van der Waals surface area contributed by atoms with Crippen LogP contribution >= 0.6 is 0 Å². The molecule has 5 aliphatic rings. The molecular formula is C64H48N2. The molecule has 314 valence electrons. The maximum atomic E-state index is 5.26. The number of benzene rings is 9. The average Bonchev–Trinajstić information content (AvgIpc) is 3.66. The molecule has 4 bridgehead atoms. The van der Waals surface area contributed by atoms with Gasteiger partial charge in [0.1, 0.15) is 0 Å². The topological polar surface area (TPSA) is 25.8 Å². The summed E-state index contributed by atoms with van der Waals surface area (Å²) in [4.78, 5) is 10.5. The minimum Gasteiger partial charge on any atom is -0.228 e. The number of nitrogens with zero attached hydrogens (tertiary/aromatic N) is 2. The van der Waals surface area contributed by atoms with Gasteiger partial charge < -0.3 is 0 Å². The van der Waals surface area contributed by atoms with Crippen molar-refractivity contribution in [1.29, 1.82) is 0 Å². The second-order valence-corrected chi connectivity index (χ2v) is 19.7. The summed E-state index contributed by atoms with van der Waals surface area (Å²) in [6, 6.07) is 76.2. The average molecular weight is 845 g/mol. The summed E-state index contributed by atoms with van der Waals surface area (Å²) >= 11 is 0. The van der Waals surface area contributed by atoms with E-state index >= 15 is 0 Å². The minimum atomic E-state index is 0.0768. The quantitative estimate of drug-likeness (QED) is 0.167. The first-order chi connectivity index (χ1) is 32.7. The number of rotatable bonds is 6. The highest BCUT2D eigenvalue weighted by Crippen LogP contribution is 2.70. The van der Waals surface area contributed by atoms with Crippen LogP contribution in [0.25, 0.3) is 100.0 Å². The molecule has 1 heterocycles. The zero-order valence-electron chi connectivity index (χ0n) is 36.9. The Morgan fingerprint density at radius 1 is 0.333 bits per heavy atom. The molecule has 15 rings (SSSR count). The van der Waals surface area contributed by atoms with Gasteiger partial charge in [-0.05, 0) is 151 Å². The molecule has 0 amide bonds. The molecule has 1 spiro atoms. The smallest absolute Gasteiger partial charge is 0.160 e. The Balaban J connectivity index is 0.943. The fourth-order valence-electron chi connectivity index (χ4n) is 13.8. The number of hydrogen-bond acceptors (Lipinski definition) is 2. The predicted octanol–water partition coefficient (Wildman–Crippen LogP) is 16.5. The monoisotopic (exact) mass is 844 g/mol. The molecule has 4 saturated carbocycles. The van der Waals surface area contributed by atoms with Gasteiger partial charge in [-0.2, -0.15) is 0 Å². The number of hydrogen-bond donors (Lipinski definition) is 0. The molecule has 2 nitrogen and oxygen atoms in total. The van der Waals surface area contributed by atoms with Crippen LogP contribution in [0.5, 0.6) is 0 Å². The van der Waals surface area contributed by atoms with Crippen molar-refractivity contribution in [2.45, 2.75) is 37.5 Å². The van der Waals surface area contributed by atoms with E-state index in [2.05, 4.69) is 200 Å². The maximum Gasteiger partial charge on any atom is 0.160 e. The van der Waals surface area contributed by atoms with Crippen molar-refractivity contribution in [3.63, 3.8) is 0 Å². The van der Waals surface area contributed by atoms with E-state index in [1.807, 2.05) is 6.07 Å². The molecule has 1 aromatic heterocycles. The van der Waals surface area contributed by atoms with Crippen molar-refractivity contribution in [1.82, 2.24) is 9.97 Å². The van der Waals surface area contributed by atoms with Gasteiger partial charge in [0, 0.05) is 22.1 Å². The lowest BCUT2D eigenvalue weighted by atomic mass is 9.43. The zero-order valence-corrected chi connectivity index (χ0v) is 36.9. The van der Waals surface area contributed by atoms with Crippen LogP contribution in [0.2, 0.25) is 0 Å². The Bertz CT molecular complexity index is 3500. The molecule has 4 fully saturated rings. The van der Waals surface area contributed by atoms with E-state index in [0.717, 1.165) is 45.5 Å². The van der Waals surface area contributed by atoms with E-state index in [1.165, 1.54) is 92.6 Å². The Morgan fingerprint density at radius 2 is 0.909 bits per heavy atom. The van der Waals surface area contributed by atoms with Gasteiger partial charge in [0.05, 0.1) is 11.4 Å². The molecule has 2 heteroatoms. The van der Waals surface area contributed by atoms with Gasteiger partial charge in [-0.3, -0.25) is 0 Å². The normalized spacial score (nSPS) is 21.1. The highest BCUT2D eigenvalue weighted by molar-refractivity contribution is 6.08. The Kier molecular flexibility index (Phi) is 8.50. The van der Waals surface area contributed by atoms with Gasteiger partial charge in [0.25, 0.3) is 0 Å². The second-order valence-electron chi connectivity index (χ2n) is 19.7. The van der Waals surface area contributed by atoms with Crippen LogP contribution in [0, 0.1) is 23.7 Å². The van der Waals surface area contributed by atoms with Crippen LogP contribution in [-0.2, 0) is 5.41 Å². The summed E-state index contributed by atoms with van der Waals surface area (Å²) in [6.07, 6.45) is 6.94. The van der Waals surface area contributed by atoms with Crippen molar-refractivity contribution >= 4 is 21.5 Å². The third-order valence-electron chi connectivity index (χ3n) is 16.3. The molecule has 9 aromatic carbocycles. The highest BCUT2D eigenvalue weighted by Gasteiger charge is 2.61. The van der Waals surface area contributed by atoms with E-state index in [9.17, 15) is 0 Å². The second kappa shape index (κ2) is 14.8. The van der Waals surface area contributed by atoms with Crippen LogP contribution < -0.4 is 0 Å². The van der Waals surface area contributed by atoms with E-state index in [0.29, 0.717) is 17.7 Å². The predicted molar refractivity (Wildman–Crippen MR) is 273 cm³/mol. The van der Waals surface area contributed by atoms with Crippen molar-refractivity contribution in [2.75, 3.05) is 0 Å². The van der Waals surface area contributed by atoms with Crippen molar-refractivity contribution < 1.29 is 0 Å². The Morgan fingerprint density at radius 3 is 1.65 bits per heavy atom. The fourth-order valence-corrected chi connectivity index (χ4v) is 13.8. The first-order valence-electron chi connectivity index (χ1n) is 24.1. The Labute approximate surface area is 386 Å². The first-order valence-corrected chi connectivity index (χ1v) is 24.1. The lowest BCUT2D eigenvalue weighted by Gasteiger charge is -2.61. The van der Waals surface area contributed by atoms with E-state index in [4.69, 9.17) is 9.97 Å². The molecular weight excluding hydrogens is 797 g/mol. The SMILES string of the molecule is c1ccc(-c2nc(-c3ccc(-c4c(-c5cccc6c5-c5cc7ccccc7cc5C65C6CC7CC(C6)CC5C7)ccc5ccccc45)cc3)cc(-c3ccccc3-c3ccccc3)n2)cc1. The van der Waals surface area contributed by atoms with E-state index in [-0.39, 0.29) is 5.41 Å². The molecule has 0 saturated heterocycles. The molecule has 0 unspecified atom stereocenters. The number of aromatic nitrogens is 2. The largest absolute Gasteiger partial charge is 0.228 e. The lowest BCUT2D eigenvalue weighted by Crippen LogP contribution is -2.55. The third-order valence-corrected chi connectivity index (χ3v) is 16.3. The van der Waals surface area contributed by atoms with Crippen LogP contribution in [0.1, 0.15) is 43.2 Å². The van der Waals surface area contributed by atoms with Crippen LogP contribution in [-0.4, -0.2) is 9.97 Å². The van der Waals surface area contributed by atoms with Gasteiger partial charge in [0.15, 0.2) is 5.82 Å². The standard InChI is InChI=1S/C64H48N2/c1-3-14-42(15-4-1)51-21-11-12-23-53(51)60-39-59(65-63(66-60)46-17-5-2-6-18-46)44-26-28-45(29-27-44)61-52-22-10-9-16-43(52)30-31-55(61)54-24-13-25-57-62(54)56-37-47-19-7-8-20-48(47)38-58(56)64(57)49-33-40-32-41(35-49)36-50(64)34-40/h1-31,37-41,49-50H,32-36H2. The summed E-state index contributed by atoms with van der Waals surface area (Å²) in [7, 11) is 0. The summed E-state index contributed by atoms with van der Waals surface area (Å²) in [6.45, 7) is 0. The van der Waals surface area contributed by atoms with Crippen molar-refractivity contribution in [3.05, 3.63) is 217 Å². The van der Waals surface area contributed by atoms with Crippen molar-refractivity contribution in [3.8, 4) is 78.4 Å². The third kappa shape index (κ3) is 5.73. The van der Waals surface area contributed by atoms with Crippen LogP contribution in [0.4, 0.5) is 0 Å². The molecule has 0 N–H and O–H groups in total. The molecule has 0 atom stereocenters. The summed E-state index contributed by atoms with van der Waals surface area (Å²) in [5, 5.41) is 5.23. The Hall–Kier alpha value is -7.42. The van der Waals surface area contributed by atoms with E-state index in [1.54, 1.807) is 11.1 Å². The molecule has 10 aromatic rings. The number of fused-ring (bicyclic) bond motifs is 5. The zero-order chi connectivity index (χ0) is 43.3. The van der Waals surface area contributed by atoms with Crippen LogP contribution in [0.15, 0.2) is 206 Å². The summed E-state index contributed by atoms with van der Waals surface area (Å²) in [5.74, 6) is 3.91. The van der Waals surface area contributed by atoms with Crippen molar-refractivity contribution in [2.24, 2.45) is 23.7 Å². The first kappa shape index (κ1) is 37.9. The van der Waals surface area contributed by atoms with Gasteiger partial charge >= 0.3 is 0 Å². The molecule has 0 aliphatic heterocycles. The van der Waals surface area contributed by atoms with Gasteiger partial charge in [-0.1, -0.05) is 188 Å². The maximum absolute atomic E-state index is 5.26. The van der Waals surface area contributed by atoms with Gasteiger partial charge in [0.2, 0.25) is 0 Å².